The normalized spacial score (nSPS) is 14.2. The molecule has 1 atom stereocenters. The average molecular weight is 290 g/mol. The third kappa shape index (κ3) is 2.72. The molecule has 0 spiro atoms. The van der Waals surface area contributed by atoms with Gasteiger partial charge in [-0.05, 0) is 30.2 Å². The quantitative estimate of drug-likeness (QED) is 0.909. The molecule has 0 saturated heterocycles. The maximum absolute atomic E-state index is 11.8. The fourth-order valence-corrected chi connectivity index (χ4v) is 2.56. The van der Waals surface area contributed by atoms with Crippen molar-refractivity contribution in [1.82, 2.24) is 15.5 Å². The first-order valence-electron chi connectivity index (χ1n) is 6.31. The van der Waals surface area contributed by atoms with Crippen LogP contribution in [0.15, 0.2) is 23.7 Å². The summed E-state index contributed by atoms with van der Waals surface area (Å²) in [5.41, 5.74) is 3.82. The summed E-state index contributed by atoms with van der Waals surface area (Å²) in [4.78, 5) is 11.8. The van der Waals surface area contributed by atoms with Gasteiger partial charge in [0, 0.05) is 6.42 Å². The summed E-state index contributed by atoms with van der Waals surface area (Å²) in [6.45, 7) is 2.68. The van der Waals surface area contributed by atoms with E-state index in [1.54, 1.807) is 5.51 Å². The Hall–Kier alpha value is -2.15. The second-order valence-electron chi connectivity index (χ2n) is 4.53. The van der Waals surface area contributed by atoms with Crippen LogP contribution < -0.4 is 15.4 Å². The number of nitrogens with zero attached hydrogens (tertiary/aromatic N) is 2. The lowest BCUT2D eigenvalue weighted by atomic mass is 10.0. The zero-order valence-corrected chi connectivity index (χ0v) is 11.7. The largest absolute Gasteiger partial charge is 0.493 e. The maximum Gasteiger partial charge on any atom is 0.321 e. The van der Waals surface area contributed by atoms with Gasteiger partial charge in [0.15, 0.2) is 0 Å². The lowest BCUT2D eigenvalue weighted by Gasteiger charge is -2.15. The molecule has 0 radical (unpaired) electrons. The monoisotopic (exact) mass is 290 g/mol. The number of hydrogen-bond donors (Lipinski definition) is 2. The fraction of sp³-hybridized carbons (Fsp3) is 0.308. The number of ether oxygens (including phenoxy) is 1. The molecule has 2 N–H and O–H groups in total. The Morgan fingerprint density at radius 2 is 2.40 bits per heavy atom. The van der Waals surface area contributed by atoms with Gasteiger partial charge in [-0.1, -0.05) is 17.4 Å². The molecule has 0 fully saturated rings. The predicted molar refractivity (Wildman–Crippen MR) is 76.1 cm³/mol. The topological polar surface area (TPSA) is 76.1 Å². The smallest absolute Gasteiger partial charge is 0.321 e. The van der Waals surface area contributed by atoms with Crippen molar-refractivity contribution in [3.8, 4) is 5.75 Å². The molecule has 2 aromatic rings. The molecule has 0 unspecified atom stereocenters. The minimum Gasteiger partial charge on any atom is -0.493 e. The van der Waals surface area contributed by atoms with Gasteiger partial charge in [0.2, 0.25) is 5.13 Å². The van der Waals surface area contributed by atoms with Crippen molar-refractivity contribution < 1.29 is 9.53 Å². The van der Waals surface area contributed by atoms with Gasteiger partial charge in [-0.2, -0.15) is 0 Å². The van der Waals surface area contributed by atoms with Crippen molar-refractivity contribution >= 4 is 22.5 Å². The van der Waals surface area contributed by atoms with Crippen molar-refractivity contribution in [2.75, 3.05) is 11.9 Å². The number of nitrogens with one attached hydrogen (secondary N) is 2. The molecular weight excluding hydrogens is 276 g/mol. The Bertz CT molecular complexity index is 615. The average Bonchev–Trinajstić information content (AvgIpc) is 3.07. The van der Waals surface area contributed by atoms with Crippen molar-refractivity contribution in [2.24, 2.45) is 0 Å². The molecular formula is C13H14N4O2S. The van der Waals surface area contributed by atoms with E-state index in [1.165, 1.54) is 16.9 Å². The molecule has 7 heteroatoms. The highest BCUT2D eigenvalue weighted by atomic mass is 32.1. The van der Waals surface area contributed by atoms with E-state index in [-0.39, 0.29) is 12.1 Å². The van der Waals surface area contributed by atoms with Crippen LogP contribution in [0.4, 0.5) is 9.93 Å². The summed E-state index contributed by atoms with van der Waals surface area (Å²) in [6, 6.07) is 5.64. The Labute approximate surface area is 120 Å². The Morgan fingerprint density at radius 1 is 1.50 bits per heavy atom. The summed E-state index contributed by atoms with van der Waals surface area (Å²) < 4.78 is 5.47. The van der Waals surface area contributed by atoms with Gasteiger partial charge in [-0.3, -0.25) is 5.32 Å². The van der Waals surface area contributed by atoms with E-state index in [9.17, 15) is 4.79 Å². The van der Waals surface area contributed by atoms with Crippen LogP contribution in [0.3, 0.4) is 0 Å². The number of urea groups is 1. The van der Waals surface area contributed by atoms with Crippen LogP contribution in [0.25, 0.3) is 0 Å². The third-order valence-corrected chi connectivity index (χ3v) is 3.75. The van der Waals surface area contributed by atoms with Crippen LogP contribution in [0.1, 0.15) is 24.1 Å². The van der Waals surface area contributed by atoms with Crippen molar-refractivity contribution in [2.45, 2.75) is 19.4 Å². The zero-order chi connectivity index (χ0) is 13.9. The van der Waals surface area contributed by atoms with Crippen LogP contribution in [-0.4, -0.2) is 22.8 Å². The number of carbonyl (C=O) groups is 1. The molecule has 104 valence electrons. The van der Waals surface area contributed by atoms with Crippen LogP contribution in [0.2, 0.25) is 0 Å². The maximum atomic E-state index is 11.8. The highest BCUT2D eigenvalue weighted by Crippen LogP contribution is 2.28. The van der Waals surface area contributed by atoms with Crippen LogP contribution in [0, 0.1) is 0 Å². The molecule has 2 heterocycles. The molecule has 0 aliphatic carbocycles. The highest BCUT2D eigenvalue weighted by Gasteiger charge is 2.16. The van der Waals surface area contributed by atoms with E-state index in [0.29, 0.717) is 5.13 Å². The van der Waals surface area contributed by atoms with Gasteiger partial charge >= 0.3 is 6.03 Å². The predicted octanol–water partition coefficient (Wildman–Crippen LogP) is 2.36. The summed E-state index contributed by atoms with van der Waals surface area (Å²) in [7, 11) is 0. The first-order valence-corrected chi connectivity index (χ1v) is 7.19. The summed E-state index contributed by atoms with van der Waals surface area (Å²) in [6.07, 6.45) is 0.923. The molecule has 3 rings (SSSR count). The summed E-state index contributed by atoms with van der Waals surface area (Å²) >= 11 is 1.28. The van der Waals surface area contributed by atoms with E-state index in [2.05, 4.69) is 26.9 Å². The molecule has 6 nitrogen and oxygen atoms in total. The van der Waals surface area contributed by atoms with Crippen LogP contribution in [0.5, 0.6) is 5.75 Å². The zero-order valence-electron chi connectivity index (χ0n) is 10.9. The van der Waals surface area contributed by atoms with Gasteiger partial charge in [-0.15, -0.1) is 10.2 Å². The number of rotatable bonds is 3. The molecule has 1 aliphatic rings. The number of hydrogen-bond acceptors (Lipinski definition) is 5. The minimum atomic E-state index is -0.286. The molecule has 1 aromatic carbocycles. The van der Waals surface area contributed by atoms with Gasteiger partial charge in [0.1, 0.15) is 11.3 Å². The lowest BCUT2D eigenvalue weighted by Crippen LogP contribution is -2.31. The summed E-state index contributed by atoms with van der Waals surface area (Å²) in [5.74, 6) is 0.944. The van der Waals surface area contributed by atoms with E-state index in [0.717, 1.165) is 24.3 Å². The minimum absolute atomic E-state index is 0.0891. The number of aromatic nitrogens is 2. The number of amides is 2. The van der Waals surface area contributed by atoms with Crippen LogP contribution >= 0.6 is 11.3 Å². The Morgan fingerprint density at radius 3 is 3.20 bits per heavy atom. The molecule has 1 aliphatic heterocycles. The van der Waals surface area contributed by atoms with E-state index in [1.807, 2.05) is 19.1 Å². The molecule has 2 amide bonds. The third-order valence-electron chi connectivity index (χ3n) is 3.14. The Kier molecular flexibility index (Phi) is 3.51. The first-order chi connectivity index (χ1) is 9.72. The summed E-state index contributed by atoms with van der Waals surface area (Å²) in [5, 5.41) is 13.4. The fourth-order valence-electron chi connectivity index (χ4n) is 2.12. The number of anilines is 1. The number of carbonyl (C=O) groups excluding carboxylic acids is 1. The first kappa shape index (κ1) is 12.9. The molecule has 0 bridgehead atoms. The van der Waals surface area contributed by atoms with Crippen molar-refractivity contribution in [3.05, 3.63) is 34.8 Å². The lowest BCUT2D eigenvalue weighted by molar-refractivity contribution is 0.249. The number of benzene rings is 1. The number of fused-ring (bicyclic) bond motifs is 1. The second-order valence-corrected chi connectivity index (χ2v) is 5.36. The van der Waals surface area contributed by atoms with Gasteiger partial charge in [0.05, 0.1) is 12.6 Å². The Balaban J connectivity index is 1.64. The van der Waals surface area contributed by atoms with Crippen molar-refractivity contribution in [1.29, 1.82) is 0 Å². The second kappa shape index (κ2) is 5.46. The van der Waals surface area contributed by atoms with E-state index < -0.39 is 0 Å². The van der Waals surface area contributed by atoms with Gasteiger partial charge in [0.25, 0.3) is 0 Å². The van der Waals surface area contributed by atoms with Gasteiger partial charge in [-0.25, -0.2) is 4.79 Å². The molecule has 0 saturated carbocycles. The van der Waals surface area contributed by atoms with E-state index in [4.69, 9.17) is 4.74 Å². The SMILES string of the molecule is C[C@H](NC(=O)Nc1nncs1)c1ccc2c(c1)CCO2. The van der Waals surface area contributed by atoms with Crippen LogP contribution in [-0.2, 0) is 6.42 Å². The molecule has 1 aromatic heterocycles. The van der Waals surface area contributed by atoms with Gasteiger partial charge < -0.3 is 10.1 Å². The highest BCUT2D eigenvalue weighted by molar-refractivity contribution is 7.13. The standard InChI is InChI=1S/C13H14N4O2S/c1-8(15-12(18)16-13-17-14-7-20-13)9-2-3-11-10(6-9)4-5-19-11/h2-3,6-8H,4-5H2,1H3,(H2,15,16,17,18)/t8-/m0/s1. The van der Waals surface area contributed by atoms with E-state index >= 15 is 0 Å². The molecule has 20 heavy (non-hydrogen) atoms. The van der Waals surface area contributed by atoms with Crippen molar-refractivity contribution in [3.63, 3.8) is 0 Å².